The summed E-state index contributed by atoms with van der Waals surface area (Å²) in [7, 11) is 0. The first-order valence-electron chi connectivity index (χ1n) is 15.3. The van der Waals surface area contributed by atoms with Crippen LogP contribution in [-0.2, 0) is 23.2 Å². The van der Waals surface area contributed by atoms with E-state index >= 15 is 0 Å². The van der Waals surface area contributed by atoms with Crippen molar-refractivity contribution in [2.24, 2.45) is 0 Å². The Hall–Kier alpha value is -2.96. The molecule has 3 aliphatic rings. The van der Waals surface area contributed by atoms with Crippen molar-refractivity contribution in [2.45, 2.75) is 81.7 Å². The van der Waals surface area contributed by atoms with Gasteiger partial charge in [0.15, 0.2) is 0 Å². The van der Waals surface area contributed by atoms with E-state index in [1.165, 1.54) is 22.5 Å². The fourth-order valence-corrected chi connectivity index (χ4v) is 7.77. The van der Waals surface area contributed by atoms with Crippen LogP contribution in [0.5, 0.6) is 0 Å². The van der Waals surface area contributed by atoms with Gasteiger partial charge in [0.2, 0.25) is 0 Å². The average Bonchev–Trinajstić information content (AvgIpc) is 3.57. The van der Waals surface area contributed by atoms with Gasteiger partial charge in [0.25, 0.3) is 0 Å². The molecule has 3 heterocycles. The SMILES string of the molecule is CCn1nc(Cc2ccccc2)cc1C1CCN(C[C@]2(c3ccccc3)CCN(C3(CC(=O)O)CCC3)C2)CC1. The number of piperidine rings is 1. The zero-order chi connectivity index (χ0) is 27.6. The molecule has 2 saturated heterocycles. The highest BCUT2D eigenvalue weighted by Gasteiger charge is 2.51. The highest BCUT2D eigenvalue weighted by Crippen LogP contribution is 2.47. The van der Waals surface area contributed by atoms with Crippen LogP contribution in [0.3, 0.4) is 0 Å². The molecule has 0 unspecified atom stereocenters. The standard InChI is InChI=1S/C34H44N4O2/c1-2-38-31(23-30(35-38)22-27-10-5-3-6-11-27)28-14-19-36(20-15-28)25-33(29-12-7-4-8-13-29)18-21-37(26-33)34(16-9-17-34)24-32(39)40/h3-8,10-13,23,28H,2,9,14-22,24-26H2,1H3,(H,39,40)/t33-/m1/s1. The Morgan fingerprint density at radius 3 is 2.30 bits per heavy atom. The van der Waals surface area contributed by atoms with Gasteiger partial charge in [-0.25, -0.2) is 0 Å². The van der Waals surface area contributed by atoms with E-state index in [4.69, 9.17) is 5.10 Å². The topological polar surface area (TPSA) is 61.6 Å². The van der Waals surface area contributed by atoms with Crippen molar-refractivity contribution in [3.05, 3.63) is 89.2 Å². The van der Waals surface area contributed by atoms with E-state index in [2.05, 4.69) is 88.1 Å². The predicted octanol–water partition coefficient (Wildman–Crippen LogP) is 5.71. The number of benzene rings is 2. The second-order valence-corrected chi connectivity index (χ2v) is 12.6. The molecule has 1 aromatic heterocycles. The normalized spacial score (nSPS) is 23.7. The second-order valence-electron chi connectivity index (χ2n) is 12.6. The van der Waals surface area contributed by atoms with Crippen LogP contribution in [0.4, 0.5) is 0 Å². The Balaban J connectivity index is 1.14. The number of aliphatic carboxylic acids is 1. The van der Waals surface area contributed by atoms with Crippen LogP contribution in [-0.4, -0.2) is 68.9 Å². The monoisotopic (exact) mass is 540 g/mol. The fourth-order valence-electron chi connectivity index (χ4n) is 7.77. The molecule has 3 fully saturated rings. The molecule has 2 aliphatic heterocycles. The van der Waals surface area contributed by atoms with Crippen LogP contribution in [0.1, 0.15) is 80.3 Å². The van der Waals surface area contributed by atoms with Gasteiger partial charge in [0.1, 0.15) is 0 Å². The first kappa shape index (κ1) is 27.2. The highest BCUT2D eigenvalue weighted by atomic mass is 16.4. The Kier molecular flexibility index (Phi) is 7.82. The van der Waals surface area contributed by atoms with Crippen molar-refractivity contribution >= 4 is 5.97 Å². The number of carboxylic acid groups (broad SMARTS) is 1. The molecular formula is C34H44N4O2. The van der Waals surface area contributed by atoms with Gasteiger partial charge >= 0.3 is 5.97 Å². The maximum atomic E-state index is 11.8. The van der Waals surface area contributed by atoms with Gasteiger partial charge in [-0.2, -0.15) is 5.10 Å². The molecule has 0 spiro atoms. The molecule has 0 radical (unpaired) electrons. The molecule has 6 rings (SSSR count). The molecule has 0 amide bonds. The van der Waals surface area contributed by atoms with E-state index in [-0.39, 0.29) is 17.4 Å². The van der Waals surface area contributed by atoms with Crippen molar-refractivity contribution in [1.82, 2.24) is 19.6 Å². The first-order valence-corrected chi connectivity index (χ1v) is 15.3. The summed E-state index contributed by atoms with van der Waals surface area (Å²) in [6.45, 7) is 8.33. The molecule has 6 heteroatoms. The third kappa shape index (κ3) is 5.48. The number of likely N-dealkylation sites (tertiary alicyclic amines) is 2. The minimum absolute atomic E-state index is 0.0588. The number of carbonyl (C=O) groups is 1. The number of rotatable bonds is 10. The molecule has 3 aromatic rings. The number of nitrogens with zero attached hydrogens (tertiary/aromatic N) is 4. The Morgan fingerprint density at radius 2 is 1.68 bits per heavy atom. The van der Waals surface area contributed by atoms with Crippen molar-refractivity contribution in [2.75, 3.05) is 32.7 Å². The summed E-state index contributed by atoms with van der Waals surface area (Å²) in [5, 5.41) is 14.6. The van der Waals surface area contributed by atoms with Crippen LogP contribution < -0.4 is 0 Å². The Bertz CT molecular complexity index is 1280. The summed E-state index contributed by atoms with van der Waals surface area (Å²) in [5.41, 5.74) is 5.23. The minimum Gasteiger partial charge on any atom is -0.481 e. The Morgan fingerprint density at radius 1 is 0.975 bits per heavy atom. The minimum atomic E-state index is -0.655. The fraction of sp³-hybridized carbons (Fsp3) is 0.529. The van der Waals surface area contributed by atoms with Crippen molar-refractivity contribution in [3.63, 3.8) is 0 Å². The van der Waals surface area contributed by atoms with Gasteiger partial charge < -0.3 is 10.0 Å². The van der Waals surface area contributed by atoms with Gasteiger partial charge in [0.05, 0.1) is 12.1 Å². The summed E-state index contributed by atoms with van der Waals surface area (Å²) < 4.78 is 2.24. The number of hydrogen-bond donors (Lipinski definition) is 1. The van der Waals surface area contributed by atoms with Gasteiger partial charge in [-0.15, -0.1) is 0 Å². The molecule has 1 aliphatic carbocycles. The summed E-state index contributed by atoms with van der Waals surface area (Å²) in [6.07, 6.45) is 7.78. The van der Waals surface area contributed by atoms with E-state index in [1.54, 1.807) is 0 Å². The van der Waals surface area contributed by atoms with E-state index in [9.17, 15) is 9.90 Å². The number of aryl methyl sites for hydroxylation is 1. The van der Waals surface area contributed by atoms with Crippen molar-refractivity contribution in [1.29, 1.82) is 0 Å². The lowest BCUT2D eigenvalue weighted by Crippen LogP contribution is -2.55. The molecule has 1 N–H and O–H groups in total. The number of aromatic nitrogens is 2. The van der Waals surface area contributed by atoms with E-state index < -0.39 is 5.97 Å². The number of carboxylic acids is 1. The number of hydrogen-bond acceptors (Lipinski definition) is 4. The van der Waals surface area contributed by atoms with Crippen LogP contribution in [0.25, 0.3) is 0 Å². The van der Waals surface area contributed by atoms with Gasteiger partial charge in [-0.1, -0.05) is 60.7 Å². The lowest BCUT2D eigenvalue weighted by atomic mass is 9.72. The van der Waals surface area contributed by atoms with Crippen LogP contribution >= 0.6 is 0 Å². The van der Waals surface area contributed by atoms with E-state index in [0.29, 0.717) is 5.92 Å². The Labute approximate surface area is 239 Å². The smallest absolute Gasteiger partial charge is 0.305 e. The van der Waals surface area contributed by atoms with Crippen LogP contribution in [0.15, 0.2) is 66.7 Å². The molecule has 40 heavy (non-hydrogen) atoms. The zero-order valence-electron chi connectivity index (χ0n) is 24.0. The zero-order valence-corrected chi connectivity index (χ0v) is 24.0. The summed E-state index contributed by atoms with van der Waals surface area (Å²) >= 11 is 0. The van der Waals surface area contributed by atoms with Crippen LogP contribution in [0.2, 0.25) is 0 Å². The molecule has 0 bridgehead atoms. The predicted molar refractivity (Wildman–Crippen MR) is 159 cm³/mol. The summed E-state index contributed by atoms with van der Waals surface area (Å²) in [5.74, 6) is -0.105. The summed E-state index contributed by atoms with van der Waals surface area (Å²) in [6, 6.07) is 24.0. The third-order valence-corrected chi connectivity index (χ3v) is 10.1. The first-order chi connectivity index (χ1) is 19.5. The average molecular weight is 541 g/mol. The van der Waals surface area contributed by atoms with Gasteiger partial charge in [0, 0.05) is 48.6 Å². The molecular weight excluding hydrogens is 496 g/mol. The lowest BCUT2D eigenvalue weighted by Gasteiger charge is -2.49. The van der Waals surface area contributed by atoms with E-state index in [1.807, 2.05) is 0 Å². The molecule has 1 saturated carbocycles. The molecule has 1 atom stereocenters. The van der Waals surface area contributed by atoms with Crippen LogP contribution in [0, 0.1) is 0 Å². The molecule has 2 aromatic carbocycles. The maximum Gasteiger partial charge on any atom is 0.305 e. The van der Waals surface area contributed by atoms with Crippen molar-refractivity contribution in [3.8, 4) is 0 Å². The molecule has 212 valence electrons. The maximum absolute atomic E-state index is 11.8. The largest absolute Gasteiger partial charge is 0.481 e. The highest BCUT2D eigenvalue weighted by molar-refractivity contribution is 5.68. The lowest BCUT2D eigenvalue weighted by molar-refractivity contribution is -0.142. The molecule has 6 nitrogen and oxygen atoms in total. The van der Waals surface area contributed by atoms with Gasteiger partial charge in [-0.3, -0.25) is 14.4 Å². The van der Waals surface area contributed by atoms with Gasteiger partial charge in [-0.05, 0) is 82.3 Å². The summed E-state index contributed by atoms with van der Waals surface area (Å²) in [4.78, 5) is 17.0. The van der Waals surface area contributed by atoms with E-state index in [0.717, 1.165) is 84.2 Å². The third-order valence-electron chi connectivity index (χ3n) is 10.1. The van der Waals surface area contributed by atoms with Crippen molar-refractivity contribution < 1.29 is 9.90 Å². The second kappa shape index (κ2) is 11.5. The quantitative estimate of drug-likeness (QED) is 0.357.